The number of halogens is 1. The lowest BCUT2D eigenvalue weighted by molar-refractivity contribution is -0.119. The predicted molar refractivity (Wildman–Crippen MR) is 97.7 cm³/mol. The van der Waals surface area contributed by atoms with E-state index in [1.807, 2.05) is 12.1 Å². The fraction of sp³-hybridized carbons (Fsp3) is 0.300. The van der Waals surface area contributed by atoms with Crippen LogP contribution in [0.4, 0.5) is 15.8 Å². The number of anilines is 2. The Morgan fingerprint density at radius 2 is 2.08 bits per heavy atom. The van der Waals surface area contributed by atoms with Crippen molar-refractivity contribution >= 4 is 23.2 Å². The first-order chi connectivity index (χ1) is 12.6. The van der Waals surface area contributed by atoms with Crippen LogP contribution in [0.2, 0.25) is 0 Å². The molecule has 0 spiro atoms. The van der Waals surface area contributed by atoms with Crippen LogP contribution in [-0.2, 0) is 27.2 Å². The highest BCUT2D eigenvalue weighted by atomic mass is 19.1. The Hall–Kier alpha value is -2.73. The van der Waals surface area contributed by atoms with Gasteiger partial charge in [-0.3, -0.25) is 9.59 Å². The molecule has 26 heavy (non-hydrogen) atoms. The van der Waals surface area contributed by atoms with Crippen molar-refractivity contribution in [3.8, 4) is 0 Å². The molecule has 0 aliphatic carbocycles. The first-order valence-electron chi connectivity index (χ1n) is 8.53. The van der Waals surface area contributed by atoms with Gasteiger partial charge in [0, 0.05) is 31.5 Å². The standard InChI is InChI=1S/C20H21FN2O3/c1-26-10-9-23-18-7-6-17(13-15(18)5-8-20(23)25)22-19(24)12-14-3-2-4-16(21)11-14/h2-4,6-7,11,13H,5,8-10,12H2,1H3,(H,22,24). The summed E-state index contributed by atoms with van der Waals surface area (Å²) in [6.45, 7) is 0.977. The minimum atomic E-state index is -0.357. The number of amides is 2. The molecule has 0 radical (unpaired) electrons. The van der Waals surface area contributed by atoms with Crippen molar-refractivity contribution in [1.29, 1.82) is 0 Å². The summed E-state index contributed by atoms with van der Waals surface area (Å²) in [5.74, 6) is -0.485. The van der Waals surface area contributed by atoms with E-state index in [4.69, 9.17) is 4.74 Å². The van der Waals surface area contributed by atoms with Crippen LogP contribution >= 0.6 is 0 Å². The highest BCUT2D eigenvalue weighted by molar-refractivity contribution is 5.98. The molecule has 0 fully saturated rings. The van der Waals surface area contributed by atoms with E-state index in [0.717, 1.165) is 11.3 Å². The number of aryl methyl sites for hydroxylation is 1. The second-order valence-electron chi connectivity index (χ2n) is 6.24. The van der Waals surface area contributed by atoms with Gasteiger partial charge in [-0.2, -0.15) is 0 Å². The molecule has 0 saturated heterocycles. The zero-order valence-electron chi connectivity index (χ0n) is 14.6. The molecule has 0 unspecified atom stereocenters. The van der Waals surface area contributed by atoms with Crippen molar-refractivity contribution in [3.63, 3.8) is 0 Å². The number of nitrogens with one attached hydrogen (secondary N) is 1. The molecule has 136 valence electrons. The molecule has 1 aliphatic heterocycles. The Kier molecular flexibility index (Phi) is 5.63. The fourth-order valence-corrected chi connectivity index (χ4v) is 3.10. The number of hydrogen-bond donors (Lipinski definition) is 1. The van der Waals surface area contributed by atoms with Crippen molar-refractivity contribution in [2.24, 2.45) is 0 Å². The molecular weight excluding hydrogens is 335 g/mol. The third-order valence-corrected chi connectivity index (χ3v) is 4.34. The largest absolute Gasteiger partial charge is 0.383 e. The second-order valence-corrected chi connectivity index (χ2v) is 6.24. The Morgan fingerprint density at radius 3 is 2.85 bits per heavy atom. The topological polar surface area (TPSA) is 58.6 Å². The van der Waals surface area contributed by atoms with E-state index < -0.39 is 0 Å². The van der Waals surface area contributed by atoms with Crippen LogP contribution in [0, 0.1) is 5.82 Å². The fourth-order valence-electron chi connectivity index (χ4n) is 3.10. The maximum Gasteiger partial charge on any atom is 0.228 e. The average molecular weight is 356 g/mol. The first-order valence-corrected chi connectivity index (χ1v) is 8.53. The second kappa shape index (κ2) is 8.10. The number of hydrogen-bond acceptors (Lipinski definition) is 3. The summed E-state index contributed by atoms with van der Waals surface area (Å²) in [6, 6.07) is 11.5. The van der Waals surface area contributed by atoms with Gasteiger partial charge in [0.25, 0.3) is 0 Å². The van der Waals surface area contributed by atoms with Crippen LogP contribution in [0.25, 0.3) is 0 Å². The van der Waals surface area contributed by atoms with Gasteiger partial charge in [0.1, 0.15) is 5.82 Å². The lowest BCUT2D eigenvalue weighted by Gasteiger charge is -2.29. The number of ether oxygens (including phenoxy) is 1. The molecule has 1 N–H and O–H groups in total. The smallest absolute Gasteiger partial charge is 0.228 e. The van der Waals surface area contributed by atoms with Crippen molar-refractivity contribution in [2.45, 2.75) is 19.3 Å². The minimum absolute atomic E-state index is 0.0810. The summed E-state index contributed by atoms with van der Waals surface area (Å²) in [4.78, 5) is 26.1. The number of methoxy groups -OCH3 is 1. The minimum Gasteiger partial charge on any atom is -0.383 e. The van der Waals surface area contributed by atoms with E-state index in [0.29, 0.717) is 37.2 Å². The van der Waals surface area contributed by atoms with Gasteiger partial charge in [-0.15, -0.1) is 0 Å². The first kappa shape index (κ1) is 18.1. The quantitative estimate of drug-likeness (QED) is 0.866. The van der Waals surface area contributed by atoms with Gasteiger partial charge in [0.05, 0.1) is 13.0 Å². The van der Waals surface area contributed by atoms with Crippen LogP contribution in [0.3, 0.4) is 0 Å². The number of rotatable bonds is 6. The highest BCUT2D eigenvalue weighted by Gasteiger charge is 2.24. The van der Waals surface area contributed by atoms with Crippen LogP contribution < -0.4 is 10.2 Å². The summed E-state index contributed by atoms with van der Waals surface area (Å²) in [7, 11) is 1.60. The molecule has 2 amide bonds. The summed E-state index contributed by atoms with van der Waals surface area (Å²) < 4.78 is 18.3. The van der Waals surface area contributed by atoms with E-state index in [-0.39, 0.29) is 24.1 Å². The maximum atomic E-state index is 13.2. The van der Waals surface area contributed by atoms with E-state index in [1.165, 1.54) is 12.1 Å². The van der Waals surface area contributed by atoms with Gasteiger partial charge in [-0.1, -0.05) is 12.1 Å². The Labute approximate surface area is 151 Å². The molecule has 3 rings (SSSR count). The molecule has 1 aliphatic rings. The monoisotopic (exact) mass is 356 g/mol. The molecule has 0 aromatic heterocycles. The van der Waals surface area contributed by atoms with Crippen molar-refractivity contribution in [2.75, 3.05) is 30.5 Å². The number of nitrogens with zero attached hydrogens (tertiary/aromatic N) is 1. The molecule has 2 aromatic carbocycles. The predicted octanol–water partition coefficient (Wildman–Crippen LogP) is 2.93. The van der Waals surface area contributed by atoms with E-state index in [9.17, 15) is 14.0 Å². The van der Waals surface area contributed by atoms with E-state index in [1.54, 1.807) is 30.2 Å². The molecule has 1 heterocycles. The van der Waals surface area contributed by atoms with Gasteiger partial charge < -0.3 is 15.0 Å². The van der Waals surface area contributed by atoms with Gasteiger partial charge in [0.2, 0.25) is 11.8 Å². The summed E-state index contributed by atoms with van der Waals surface area (Å²) in [5.41, 5.74) is 3.17. The third kappa shape index (κ3) is 4.26. The maximum absolute atomic E-state index is 13.2. The number of carbonyl (C=O) groups is 2. The summed E-state index contributed by atoms with van der Waals surface area (Å²) in [6.07, 6.45) is 1.19. The zero-order valence-corrected chi connectivity index (χ0v) is 14.6. The van der Waals surface area contributed by atoms with Crippen LogP contribution in [0.1, 0.15) is 17.5 Å². The third-order valence-electron chi connectivity index (χ3n) is 4.34. The average Bonchev–Trinajstić information content (AvgIpc) is 2.61. The molecule has 2 aromatic rings. The Bertz CT molecular complexity index is 822. The van der Waals surface area contributed by atoms with Crippen LogP contribution in [0.15, 0.2) is 42.5 Å². The lowest BCUT2D eigenvalue weighted by atomic mass is 10.0. The Balaban J connectivity index is 1.70. The van der Waals surface area contributed by atoms with Gasteiger partial charge in [-0.05, 0) is 47.9 Å². The van der Waals surface area contributed by atoms with Crippen molar-refractivity contribution in [3.05, 3.63) is 59.4 Å². The molecule has 6 heteroatoms. The van der Waals surface area contributed by atoms with Gasteiger partial charge in [0.15, 0.2) is 0 Å². The van der Waals surface area contributed by atoms with E-state index >= 15 is 0 Å². The molecule has 0 saturated carbocycles. The number of fused-ring (bicyclic) bond motifs is 1. The van der Waals surface area contributed by atoms with E-state index in [2.05, 4.69) is 5.32 Å². The van der Waals surface area contributed by atoms with Crippen LogP contribution in [0.5, 0.6) is 0 Å². The highest BCUT2D eigenvalue weighted by Crippen LogP contribution is 2.30. The molecular formula is C20H21FN2O3. The molecule has 0 atom stereocenters. The summed E-state index contributed by atoms with van der Waals surface area (Å²) in [5, 5.41) is 2.84. The number of benzene rings is 2. The lowest BCUT2D eigenvalue weighted by Crippen LogP contribution is -2.37. The molecule has 0 bridgehead atoms. The summed E-state index contributed by atoms with van der Waals surface area (Å²) >= 11 is 0. The molecule has 5 nitrogen and oxygen atoms in total. The van der Waals surface area contributed by atoms with Gasteiger partial charge >= 0.3 is 0 Å². The van der Waals surface area contributed by atoms with Gasteiger partial charge in [-0.25, -0.2) is 4.39 Å². The Morgan fingerprint density at radius 1 is 1.23 bits per heavy atom. The van der Waals surface area contributed by atoms with Crippen LogP contribution in [-0.4, -0.2) is 32.1 Å². The zero-order chi connectivity index (χ0) is 18.5. The van der Waals surface area contributed by atoms with Crippen molar-refractivity contribution < 1.29 is 18.7 Å². The number of carbonyl (C=O) groups excluding carboxylic acids is 2. The SMILES string of the molecule is COCCN1C(=O)CCc2cc(NC(=O)Cc3cccc(F)c3)ccc21. The van der Waals surface area contributed by atoms with Crippen molar-refractivity contribution in [1.82, 2.24) is 0 Å². The normalized spacial score (nSPS) is 13.5.